The van der Waals surface area contributed by atoms with E-state index >= 15 is 0 Å². The van der Waals surface area contributed by atoms with Crippen molar-refractivity contribution < 1.29 is 0 Å². The largest absolute Gasteiger partial charge is 0.365 e. The molecule has 0 spiro atoms. The van der Waals surface area contributed by atoms with Gasteiger partial charge in [-0.2, -0.15) is 5.26 Å². The number of nitriles is 1. The van der Waals surface area contributed by atoms with Gasteiger partial charge in [0.2, 0.25) is 0 Å². The Morgan fingerprint density at radius 1 is 1.33 bits per heavy atom. The monoisotopic (exact) mass is 243 g/mol. The average Bonchev–Trinajstić information content (AvgIpc) is 2.39. The lowest BCUT2D eigenvalue weighted by Crippen LogP contribution is -2.52. The number of rotatable bonds is 3. The second-order valence-electron chi connectivity index (χ2n) is 4.95. The number of nitrogens with zero attached hydrogens (tertiary/aromatic N) is 3. The molecule has 0 aromatic heterocycles. The third-order valence-electron chi connectivity index (χ3n) is 3.69. The van der Waals surface area contributed by atoms with E-state index in [1.807, 2.05) is 0 Å². The average molecular weight is 243 g/mol. The van der Waals surface area contributed by atoms with Gasteiger partial charge in [-0.25, -0.2) is 0 Å². The molecule has 1 unspecified atom stereocenters. The van der Waals surface area contributed by atoms with Crippen molar-refractivity contribution >= 4 is 5.69 Å². The predicted octanol–water partition coefficient (Wildman–Crippen LogP) is 2.28. The third kappa shape index (κ3) is 2.65. The van der Waals surface area contributed by atoms with E-state index in [0.717, 1.165) is 26.1 Å². The first-order valence-electron chi connectivity index (χ1n) is 6.66. The summed E-state index contributed by atoms with van der Waals surface area (Å²) in [5, 5.41) is 9.00. The summed E-state index contributed by atoms with van der Waals surface area (Å²) in [6.45, 7) is 5.25. The molecule has 1 aromatic rings. The molecule has 3 nitrogen and oxygen atoms in total. The first-order valence-corrected chi connectivity index (χ1v) is 6.66. The van der Waals surface area contributed by atoms with E-state index in [9.17, 15) is 0 Å². The van der Waals surface area contributed by atoms with Crippen LogP contribution in [0.4, 0.5) is 5.69 Å². The lowest BCUT2D eigenvalue weighted by Gasteiger charge is -2.41. The predicted molar refractivity (Wildman–Crippen MR) is 74.7 cm³/mol. The molecule has 3 heteroatoms. The summed E-state index contributed by atoms with van der Waals surface area (Å²) >= 11 is 0. The summed E-state index contributed by atoms with van der Waals surface area (Å²) in [7, 11) is 2.13. The zero-order chi connectivity index (χ0) is 13.0. The summed E-state index contributed by atoms with van der Waals surface area (Å²) in [5.74, 6) is 0. The number of piperazine rings is 1. The molecule has 2 rings (SSSR count). The number of anilines is 1. The van der Waals surface area contributed by atoms with Gasteiger partial charge in [-0.15, -0.1) is 0 Å². The van der Waals surface area contributed by atoms with Gasteiger partial charge in [-0.3, -0.25) is 0 Å². The first-order chi connectivity index (χ1) is 8.76. The van der Waals surface area contributed by atoms with Gasteiger partial charge in [0, 0.05) is 25.3 Å². The Hall–Kier alpha value is -1.53. The number of para-hydroxylation sites is 1. The smallest absolute Gasteiger partial charge is 0.0643 e. The van der Waals surface area contributed by atoms with Crippen LogP contribution < -0.4 is 4.90 Å². The van der Waals surface area contributed by atoms with Gasteiger partial charge in [0.05, 0.1) is 18.5 Å². The zero-order valence-corrected chi connectivity index (χ0v) is 11.3. The van der Waals surface area contributed by atoms with Crippen molar-refractivity contribution in [3.8, 4) is 6.07 Å². The molecule has 1 atom stereocenters. The van der Waals surface area contributed by atoms with Crippen molar-refractivity contribution in [2.75, 3.05) is 31.6 Å². The first kappa shape index (κ1) is 12.9. The van der Waals surface area contributed by atoms with Crippen LogP contribution in [-0.4, -0.2) is 37.6 Å². The number of benzene rings is 1. The molecule has 0 aliphatic carbocycles. The Labute approximate surface area is 110 Å². The molecular formula is C15H21N3. The minimum atomic E-state index is 0.321. The maximum absolute atomic E-state index is 9.00. The van der Waals surface area contributed by atoms with E-state index < -0.39 is 0 Å². The van der Waals surface area contributed by atoms with Crippen LogP contribution in [0.15, 0.2) is 24.3 Å². The van der Waals surface area contributed by atoms with E-state index in [1.165, 1.54) is 11.3 Å². The Morgan fingerprint density at radius 3 is 2.83 bits per heavy atom. The fourth-order valence-electron chi connectivity index (χ4n) is 2.70. The minimum absolute atomic E-state index is 0.321. The summed E-state index contributed by atoms with van der Waals surface area (Å²) in [6, 6.07) is 11.2. The third-order valence-corrected chi connectivity index (χ3v) is 3.69. The molecule has 0 bridgehead atoms. The fraction of sp³-hybridized carbons (Fsp3) is 0.533. The summed E-state index contributed by atoms with van der Waals surface area (Å²) in [5.41, 5.74) is 2.69. The maximum atomic E-state index is 9.00. The maximum Gasteiger partial charge on any atom is 0.0643 e. The van der Waals surface area contributed by atoms with Crippen molar-refractivity contribution in [3.05, 3.63) is 29.8 Å². The highest BCUT2D eigenvalue weighted by Crippen LogP contribution is 2.26. The van der Waals surface area contributed by atoms with Crippen LogP contribution in [0.2, 0.25) is 0 Å². The van der Waals surface area contributed by atoms with Crippen LogP contribution in [-0.2, 0) is 6.42 Å². The number of likely N-dealkylation sites (N-methyl/N-ethyl adjacent to an activating group) is 1. The van der Waals surface area contributed by atoms with Gasteiger partial charge in [-0.1, -0.05) is 25.1 Å². The standard InChI is InChI=1S/C15H21N3/c1-3-13-6-4-5-7-15(13)18-11-10-17(2)12-14(18)8-9-16/h4-7,14H,3,8,10-12H2,1-2H3. The van der Waals surface area contributed by atoms with E-state index in [2.05, 4.69) is 54.1 Å². The van der Waals surface area contributed by atoms with E-state index in [-0.39, 0.29) is 0 Å². The van der Waals surface area contributed by atoms with Crippen LogP contribution in [0.3, 0.4) is 0 Å². The zero-order valence-electron chi connectivity index (χ0n) is 11.3. The molecule has 1 fully saturated rings. The van der Waals surface area contributed by atoms with Crippen LogP contribution in [0, 0.1) is 11.3 Å². The Balaban J connectivity index is 2.26. The van der Waals surface area contributed by atoms with Gasteiger partial charge < -0.3 is 9.80 Å². The molecule has 0 N–H and O–H groups in total. The molecular weight excluding hydrogens is 222 g/mol. The SMILES string of the molecule is CCc1ccccc1N1CCN(C)CC1CC#N. The van der Waals surface area contributed by atoms with Crippen LogP contribution in [0.5, 0.6) is 0 Å². The lowest BCUT2D eigenvalue weighted by atomic mass is 10.0. The molecule has 1 saturated heterocycles. The highest BCUT2D eigenvalue weighted by Gasteiger charge is 2.26. The van der Waals surface area contributed by atoms with Crippen molar-refractivity contribution in [1.29, 1.82) is 5.26 Å². The molecule has 1 aliphatic rings. The van der Waals surface area contributed by atoms with E-state index in [1.54, 1.807) is 0 Å². The highest BCUT2D eigenvalue weighted by molar-refractivity contribution is 5.55. The van der Waals surface area contributed by atoms with Gasteiger partial charge in [0.1, 0.15) is 0 Å². The van der Waals surface area contributed by atoms with E-state index in [4.69, 9.17) is 5.26 Å². The summed E-state index contributed by atoms with van der Waals surface area (Å²) in [4.78, 5) is 4.73. The van der Waals surface area contributed by atoms with Crippen LogP contribution in [0.1, 0.15) is 18.9 Å². The van der Waals surface area contributed by atoms with Gasteiger partial charge in [0.15, 0.2) is 0 Å². The van der Waals surface area contributed by atoms with Crippen LogP contribution >= 0.6 is 0 Å². The fourth-order valence-corrected chi connectivity index (χ4v) is 2.70. The van der Waals surface area contributed by atoms with Crippen molar-refractivity contribution in [2.45, 2.75) is 25.8 Å². The molecule has 0 amide bonds. The van der Waals surface area contributed by atoms with Gasteiger partial charge in [0.25, 0.3) is 0 Å². The van der Waals surface area contributed by atoms with Crippen LogP contribution in [0.25, 0.3) is 0 Å². The van der Waals surface area contributed by atoms with E-state index in [0.29, 0.717) is 12.5 Å². The Kier molecular flexibility index (Phi) is 4.22. The highest BCUT2D eigenvalue weighted by atomic mass is 15.3. The number of hydrogen-bond acceptors (Lipinski definition) is 3. The van der Waals surface area contributed by atoms with Crippen molar-refractivity contribution in [3.63, 3.8) is 0 Å². The molecule has 1 aliphatic heterocycles. The normalized spacial score (nSPS) is 20.7. The lowest BCUT2D eigenvalue weighted by molar-refractivity contribution is 0.268. The molecule has 1 heterocycles. The van der Waals surface area contributed by atoms with Gasteiger partial charge >= 0.3 is 0 Å². The second kappa shape index (κ2) is 5.88. The Morgan fingerprint density at radius 2 is 2.11 bits per heavy atom. The molecule has 0 saturated carbocycles. The quantitative estimate of drug-likeness (QED) is 0.816. The summed E-state index contributed by atoms with van der Waals surface area (Å²) in [6.07, 6.45) is 1.64. The number of aryl methyl sites for hydroxylation is 1. The van der Waals surface area contributed by atoms with Gasteiger partial charge in [-0.05, 0) is 25.1 Å². The van der Waals surface area contributed by atoms with Crippen molar-refractivity contribution in [2.24, 2.45) is 0 Å². The summed E-state index contributed by atoms with van der Waals surface area (Å²) < 4.78 is 0. The molecule has 96 valence electrons. The Bertz CT molecular complexity index is 436. The topological polar surface area (TPSA) is 30.3 Å². The molecule has 18 heavy (non-hydrogen) atoms. The second-order valence-corrected chi connectivity index (χ2v) is 4.95. The number of hydrogen-bond donors (Lipinski definition) is 0. The minimum Gasteiger partial charge on any atom is -0.365 e. The molecule has 1 aromatic carbocycles. The molecule has 0 radical (unpaired) electrons. The van der Waals surface area contributed by atoms with Crippen molar-refractivity contribution in [1.82, 2.24) is 4.90 Å².